The molecule has 3 aromatic rings. The van der Waals surface area contributed by atoms with E-state index in [1.807, 2.05) is 19.1 Å². The van der Waals surface area contributed by atoms with Crippen molar-refractivity contribution >= 4 is 44.5 Å². The highest BCUT2D eigenvalue weighted by Crippen LogP contribution is 2.31. The van der Waals surface area contributed by atoms with Crippen molar-refractivity contribution < 1.29 is 4.79 Å². The van der Waals surface area contributed by atoms with Crippen molar-refractivity contribution in [3.8, 4) is 0 Å². The third-order valence-corrected chi connectivity index (χ3v) is 4.84. The van der Waals surface area contributed by atoms with Gasteiger partial charge in [0, 0.05) is 22.7 Å². The zero-order valence-corrected chi connectivity index (χ0v) is 12.3. The molecule has 0 aliphatic heterocycles. The van der Waals surface area contributed by atoms with Crippen molar-refractivity contribution in [2.24, 2.45) is 0 Å². The minimum Gasteiger partial charge on any atom is -0.397 e. The summed E-state index contributed by atoms with van der Waals surface area (Å²) < 4.78 is 0. The van der Waals surface area contributed by atoms with Crippen LogP contribution in [0.25, 0.3) is 10.2 Å². The van der Waals surface area contributed by atoms with Crippen molar-refractivity contribution in [1.82, 2.24) is 15.3 Å². The Morgan fingerprint density at radius 2 is 2.25 bits per heavy atom. The van der Waals surface area contributed by atoms with Crippen LogP contribution in [-0.4, -0.2) is 15.9 Å². The molecule has 0 saturated heterocycles. The molecule has 0 atom stereocenters. The molecule has 7 heteroatoms. The molecular formula is C13H12N4OS2. The highest BCUT2D eigenvalue weighted by molar-refractivity contribution is 7.21. The highest BCUT2D eigenvalue weighted by atomic mass is 32.1. The van der Waals surface area contributed by atoms with Crippen molar-refractivity contribution in [2.45, 2.75) is 13.5 Å². The number of carbonyl (C=O) groups excluding carboxylic acids is 1. The van der Waals surface area contributed by atoms with Crippen LogP contribution in [0.4, 0.5) is 5.69 Å². The second-order valence-electron chi connectivity index (χ2n) is 4.23. The summed E-state index contributed by atoms with van der Waals surface area (Å²) in [5, 5.41) is 4.68. The van der Waals surface area contributed by atoms with E-state index >= 15 is 0 Å². The number of nitrogens with one attached hydrogen (secondary N) is 1. The summed E-state index contributed by atoms with van der Waals surface area (Å²) in [6.45, 7) is 2.40. The molecule has 20 heavy (non-hydrogen) atoms. The maximum Gasteiger partial charge on any atom is 0.263 e. The van der Waals surface area contributed by atoms with Crippen LogP contribution >= 0.6 is 22.7 Å². The maximum absolute atomic E-state index is 12.2. The number of rotatable bonds is 3. The van der Waals surface area contributed by atoms with Crippen molar-refractivity contribution in [3.63, 3.8) is 0 Å². The van der Waals surface area contributed by atoms with Gasteiger partial charge in [0.15, 0.2) is 0 Å². The number of nitrogens with two attached hydrogens (primary N) is 1. The Hall–Kier alpha value is -1.99. The number of aryl methyl sites for hydroxylation is 1. The highest BCUT2D eigenvalue weighted by Gasteiger charge is 2.16. The van der Waals surface area contributed by atoms with Gasteiger partial charge in [-0.05, 0) is 19.1 Å². The molecule has 0 unspecified atom stereocenters. The molecule has 3 aromatic heterocycles. The van der Waals surface area contributed by atoms with Crippen molar-refractivity contribution in [2.75, 3.05) is 5.73 Å². The predicted octanol–water partition coefficient (Wildman–Crippen LogP) is 2.57. The maximum atomic E-state index is 12.2. The van der Waals surface area contributed by atoms with Gasteiger partial charge in [-0.3, -0.25) is 4.79 Å². The largest absolute Gasteiger partial charge is 0.397 e. The molecule has 3 rings (SSSR count). The van der Waals surface area contributed by atoms with E-state index in [9.17, 15) is 4.79 Å². The number of anilines is 1. The van der Waals surface area contributed by atoms with Gasteiger partial charge in [-0.2, -0.15) is 0 Å². The lowest BCUT2D eigenvalue weighted by Gasteiger charge is -2.01. The first-order valence-corrected chi connectivity index (χ1v) is 7.61. The lowest BCUT2D eigenvalue weighted by Crippen LogP contribution is -2.22. The Kier molecular flexibility index (Phi) is 3.37. The zero-order valence-electron chi connectivity index (χ0n) is 10.7. The normalized spacial score (nSPS) is 10.8. The van der Waals surface area contributed by atoms with Crippen LogP contribution in [0.15, 0.2) is 24.5 Å². The lowest BCUT2D eigenvalue weighted by molar-refractivity contribution is 0.0956. The fourth-order valence-corrected chi connectivity index (χ4v) is 3.57. The van der Waals surface area contributed by atoms with Gasteiger partial charge >= 0.3 is 0 Å². The van der Waals surface area contributed by atoms with E-state index in [2.05, 4.69) is 15.3 Å². The SMILES string of the molecule is Cc1ncc(CNC(=O)c2sc3ncccc3c2N)s1. The van der Waals surface area contributed by atoms with E-state index < -0.39 is 0 Å². The fraction of sp³-hybridized carbons (Fsp3) is 0.154. The molecule has 0 bridgehead atoms. The zero-order chi connectivity index (χ0) is 14.1. The third kappa shape index (κ3) is 2.37. The number of pyridine rings is 1. The summed E-state index contributed by atoms with van der Waals surface area (Å²) in [6, 6.07) is 3.69. The molecule has 102 valence electrons. The fourth-order valence-electron chi connectivity index (χ4n) is 1.85. The summed E-state index contributed by atoms with van der Waals surface area (Å²) in [4.78, 5) is 22.9. The molecule has 1 amide bonds. The monoisotopic (exact) mass is 304 g/mol. The third-order valence-electron chi connectivity index (χ3n) is 2.80. The number of hydrogen-bond donors (Lipinski definition) is 2. The number of hydrogen-bond acceptors (Lipinski definition) is 6. The molecule has 0 aliphatic rings. The van der Waals surface area contributed by atoms with Crippen molar-refractivity contribution in [1.29, 1.82) is 0 Å². The molecular weight excluding hydrogens is 292 g/mol. The van der Waals surface area contributed by atoms with Gasteiger partial charge in [0.05, 0.1) is 17.2 Å². The van der Waals surface area contributed by atoms with Gasteiger partial charge < -0.3 is 11.1 Å². The minimum absolute atomic E-state index is 0.170. The summed E-state index contributed by atoms with van der Waals surface area (Å²) >= 11 is 2.88. The smallest absolute Gasteiger partial charge is 0.263 e. The van der Waals surface area contributed by atoms with Gasteiger partial charge in [0.1, 0.15) is 9.71 Å². The van der Waals surface area contributed by atoms with Crippen LogP contribution in [0.5, 0.6) is 0 Å². The second kappa shape index (κ2) is 5.18. The van der Waals surface area contributed by atoms with Crippen LogP contribution in [0, 0.1) is 6.92 Å². The Bertz CT molecular complexity index is 778. The average molecular weight is 304 g/mol. The first-order chi connectivity index (χ1) is 9.65. The van der Waals surface area contributed by atoms with Gasteiger partial charge in [-0.25, -0.2) is 9.97 Å². The van der Waals surface area contributed by atoms with Gasteiger partial charge in [0.2, 0.25) is 0 Å². The van der Waals surface area contributed by atoms with E-state index in [1.54, 1.807) is 23.7 Å². The molecule has 0 spiro atoms. The van der Waals surface area contributed by atoms with Crippen LogP contribution in [0.2, 0.25) is 0 Å². The number of aromatic nitrogens is 2. The summed E-state index contributed by atoms with van der Waals surface area (Å²) in [5.41, 5.74) is 6.51. The van der Waals surface area contributed by atoms with E-state index in [4.69, 9.17) is 5.73 Å². The molecule has 0 aliphatic carbocycles. The number of carbonyl (C=O) groups is 1. The molecule has 0 aromatic carbocycles. The minimum atomic E-state index is -0.170. The number of nitrogens with zero attached hydrogens (tertiary/aromatic N) is 2. The van der Waals surface area contributed by atoms with E-state index in [-0.39, 0.29) is 5.91 Å². The summed E-state index contributed by atoms with van der Waals surface area (Å²) in [5.74, 6) is -0.170. The van der Waals surface area contributed by atoms with Crippen LogP contribution in [0.1, 0.15) is 19.6 Å². The number of thiophene rings is 1. The van der Waals surface area contributed by atoms with E-state index in [0.717, 1.165) is 20.1 Å². The molecule has 0 fully saturated rings. The summed E-state index contributed by atoms with van der Waals surface area (Å²) in [7, 11) is 0. The molecule has 3 heterocycles. The van der Waals surface area contributed by atoms with Gasteiger partial charge in [-0.15, -0.1) is 22.7 Å². The Labute approximate surface area is 123 Å². The number of thiazole rings is 1. The average Bonchev–Trinajstić information content (AvgIpc) is 3.01. The van der Waals surface area contributed by atoms with Gasteiger partial charge in [0.25, 0.3) is 5.91 Å². The number of amides is 1. The quantitative estimate of drug-likeness (QED) is 0.779. The number of fused-ring (bicyclic) bond motifs is 1. The molecule has 0 radical (unpaired) electrons. The molecule has 0 saturated carbocycles. The predicted molar refractivity (Wildman–Crippen MR) is 82.1 cm³/mol. The first-order valence-electron chi connectivity index (χ1n) is 5.97. The van der Waals surface area contributed by atoms with Crippen LogP contribution in [0.3, 0.4) is 0 Å². The molecule has 5 nitrogen and oxygen atoms in total. The van der Waals surface area contributed by atoms with E-state index in [1.165, 1.54) is 11.3 Å². The second-order valence-corrected chi connectivity index (χ2v) is 6.55. The van der Waals surface area contributed by atoms with Gasteiger partial charge in [-0.1, -0.05) is 0 Å². The van der Waals surface area contributed by atoms with Crippen LogP contribution in [-0.2, 0) is 6.54 Å². The van der Waals surface area contributed by atoms with Crippen LogP contribution < -0.4 is 11.1 Å². The summed E-state index contributed by atoms with van der Waals surface area (Å²) in [6.07, 6.45) is 3.47. The van der Waals surface area contributed by atoms with Crippen molar-refractivity contribution in [3.05, 3.63) is 39.3 Å². The lowest BCUT2D eigenvalue weighted by atomic mass is 10.2. The Morgan fingerprint density at radius 3 is 2.95 bits per heavy atom. The van der Waals surface area contributed by atoms with E-state index in [0.29, 0.717) is 17.1 Å². The molecule has 3 N–H and O–H groups in total. The Balaban J connectivity index is 1.80. The first kappa shape index (κ1) is 13.0. The standard InChI is InChI=1S/C13H12N4OS2/c1-7-16-5-8(19-7)6-17-12(18)11-10(14)9-3-2-4-15-13(9)20-11/h2-5H,6,14H2,1H3,(H,17,18). The topological polar surface area (TPSA) is 80.9 Å². The Morgan fingerprint density at radius 1 is 1.40 bits per heavy atom. The number of nitrogen functional groups attached to an aromatic ring is 1.